The van der Waals surface area contributed by atoms with Crippen LogP contribution in [0.25, 0.3) is 0 Å². The SMILES string of the molecule is CCOc1ccc(C(=O)N2CCC(c3nnc(C4CC4)o3)CC2)cc1. The normalized spacial score (nSPS) is 18.4. The molecule has 2 heterocycles. The average molecular weight is 341 g/mol. The number of rotatable bonds is 5. The minimum Gasteiger partial charge on any atom is -0.494 e. The van der Waals surface area contributed by atoms with Crippen LogP contribution in [0, 0.1) is 0 Å². The molecule has 1 aliphatic heterocycles. The highest BCUT2D eigenvalue weighted by Gasteiger charge is 2.32. The molecule has 0 radical (unpaired) electrons. The molecule has 0 N–H and O–H groups in total. The molecule has 2 aromatic rings. The van der Waals surface area contributed by atoms with Gasteiger partial charge in [0.1, 0.15) is 5.75 Å². The first-order valence-corrected chi connectivity index (χ1v) is 9.10. The van der Waals surface area contributed by atoms with Gasteiger partial charge in [-0.25, -0.2) is 0 Å². The van der Waals surface area contributed by atoms with Gasteiger partial charge in [0.15, 0.2) is 0 Å². The summed E-state index contributed by atoms with van der Waals surface area (Å²) < 4.78 is 11.2. The molecule has 1 aliphatic carbocycles. The summed E-state index contributed by atoms with van der Waals surface area (Å²) in [6.07, 6.45) is 4.07. The average Bonchev–Trinajstić information content (AvgIpc) is 3.39. The summed E-state index contributed by atoms with van der Waals surface area (Å²) in [5.74, 6) is 3.16. The van der Waals surface area contributed by atoms with Gasteiger partial charge < -0.3 is 14.1 Å². The van der Waals surface area contributed by atoms with Crippen molar-refractivity contribution in [3.8, 4) is 5.75 Å². The largest absolute Gasteiger partial charge is 0.494 e. The van der Waals surface area contributed by atoms with Crippen LogP contribution in [-0.4, -0.2) is 40.7 Å². The molecule has 132 valence electrons. The third-order valence-electron chi connectivity index (χ3n) is 4.93. The zero-order valence-corrected chi connectivity index (χ0v) is 14.5. The number of benzene rings is 1. The van der Waals surface area contributed by atoms with Crippen LogP contribution >= 0.6 is 0 Å². The van der Waals surface area contributed by atoms with Crippen LogP contribution in [0.5, 0.6) is 5.75 Å². The molecule has 1 aromatic heterocycles. The van der Waals surface area contributed by atoms with Crippen molar-refractivity contribution in [3.63, 3.8) is 0 Å². The van der Waals surface area contributed by atoms with Gasteiger partial charge in [0.05, 0.1) is 6.61 Å². The second-order valence-electron chi connectivity index (χ2n) is 6.78. The first kappa shape index (κ1) is 16.1. The minimum absolute atomic E-state index is 0.0747. The molecule has 2 fully saturated rings. The maximum absolute atomic E-state index is 12.6. The van der Waals surface area contributed by atoms with E-state index in [1.165, 1.54) is 0 Å². The smallest absolute Gasteiger partial charge is 0.253 e. The lowest BCUT2D eigenvalue weighted by atomic mass is 9.96. The Bertz CT molecular complexity index is 729. The first-order valence-electron chi connectivity index (χ1n) is 9.10. The maximum Gasteiger partial charge on any atom is 0.253 e. The van der Waals surface area contributed by atoms with Crippen LogP contribution in [0.3, 0.4) is 0 Å². The van der Waals surface area contributed by atoms with Crippen LogP contribution in [0.15, 0.2) is 28.7 Å². The summed E-state index contributed by atoms with van der Waals surface area (Å²) in [5.41, 5.74) is 0.704. The zero-order chi connectivity index (χ0) is 17.2. The Hall–Kier alpha value is -2.37. The lowest BCUT2D eigenvalue weighted by molar-refractivity contribution is 0.0706. The molecular weight excluding hydrogens is 318 g/mol. The Kier molecular flexibility index (Phi) is 4.42. The van der Waals surface area contributed by atoms with E-state index in [0.29, 0.717) is 18.1 Å². The number of hydrogen-bond acceptors (Lipinski definition) is 5. The van der Waals surface area contributed by atoms with Gasteiger partial charge in [-0.05, 0) is 56.9 Å². The number of hydrogen-bond donors (Lipinski definition) is 0. The summed E-state index contributed by atoms with van der Waals surface area (Å²) in [6, 6.07) is 7.36. The van der Waals surface area contributed by atoms with Crippen LogP contribution in [0.2, 0.25) is 0 Å². The van der Waals surface area contributed by atoms with Gasteiger partial charge in [0.2, 0.25) is 11.8 Å². The van der Waals surface area contributed by atoms with E-state index in [1.807, 2.05) is 36.1 Å². The van der Waals surface area contributed by atoms with Crippen molar-refractivity contribution in [2.75, 3.05) is 19.7 Å². The molecule has 1 saturated carbocycles. The summed E-state index contributed by atoms with van der Waals surface area (Å²) in [6.45, 7) is 4.01. The maximum atomic E-state index is 12.6. The number of amides is 1. The topological polar surface area (TPSA) is 68.5 Å². The molecule has 4 rings (SSSR count). The van der Waals surface area contributed by atoms with Crippen molar-refractivity contribution >= 4 is 5.91 Å². The second kappa shape index (κ2) is 6.86. The molecular formula is C19H23N3O3. The summed E-state index contributed by atoms with van der Waals surface area (Å²) in [7, 11) is 0. The Morgan fingerprint density at radius 1 is 1.08 bits per heavy atom. The molecule has 0 bridgehead atoms. The van der Waals surface area contributed by atoms with Gasteiger partial charge in [-0.15, -0.1) is 10.2 Å². The monoisotopic (exact) mass is 341 g/mol. The quantitative estimate of drug-likeness (QED) is 0.834. The van der Waals surface area contributed by atoms with Crippen LogP contribution in [0.4, 0.5) is 0 Å². The molecule has 0 unspecified atom stereocenters. The third-order valence-corrected chi connectivity index (χ3v) is 4.93. The first-order chi connectivity index (χ1) is 12.2. The molecule has 1 aromatic carbocycles. The number of nitrogens with zero attached hydrogens (tertiary/aromatic N) is 3. The fourth-order valence-corrected chi connectivity index (χ4v) is 3.28. The highest BCUT2D eigenvalue weighted by molar-refractivity contribution is 5.94. The lowest BCUT2D eigenvalue weighted by Crippen LogP contribution is -2.38. The lowest BCUT2D eigenvalue weighted by Gasteiger charge is -2.30. The molecule has 1 amide bonds. The fourth-order valence-electron chi connectivity index (χ4n) is 3.28. The number of aromatic nitrogens is 2. The summed E-state index contributed by atoms with van der Waals surface area (Å²) in [5, 5.41) is 8.39. The number of likely N-dealkylation sites (tertiary alicyclic amines) is 1. The fraction of sp³-hybridized carbons (Fsp3) is 0.526. The summed E-state index contributed by atoms with van der Waals surface area (Å²) >= 11 is 0. The third kappa shape index (κ3) is 3.52. The van der Waals surface area contributed by atoms with Gasteiger partial charge in [-0.3, -0.25) is 4.79 Å². The second-order valence-corrected chi connectivity index (χ2v) is 6.78. The molecule has 6 nitrogen and oxygen atoms in total. The number of carbonyl (C=O) groups is 1. The van der Waals surface area contributed by atoms with Crippen molar-refractivity contribution in [1.82, 2.24) is 15.1 Å². The van der Waals surface area contributed by atoms with E-state index in [1.54, 1.807) is 0 Å². The Balaban J connectivity index is 1.34. The minimum atomic E-state index is 0.0747. The van der Waals surface area contributed by atoms with Crippen molar-refractivity contribution in [2.45, 2.75) is 44.4 Å². The van der Waals surface area contributed by atoms with Crippen molar-refractivity contribution in [1.29, 1.82) is 0 Å². The van der Waals surface area contributed by atoms with Gasteiger partial charge in [-0.1, -0.05) is 0 Å². The number of carbonyl (C=O) groups excluding carboxylic acids is 1. The van der Waals surface area contributed by atoms with Gasteiger partial charge in [0.25, 0.3) is 5.91 Å². The van der Waals surface area contributed by atoms with E-state index in [9.17, 15) is 4.79 Å². The Morgan fingerprint density at radius 3 is 2.24 bits per heavy atom. The van der Waals surface area contributed by atoms with Crippen LogP contribution < -0.4 is 4.74 Å². The van der Waals surface area contributed by atoms with Crippen molar-refractivity contribution in [2.24, 2.45) is 0 Å². The number of piperidine rings is 1. The summed E-state index contributed by atoms with van der Waals surface area (Å²) in [4.78, 5) is 14.6. The molecule has 6 heteroatoms. The van der Waals surface area contributed by atoms with Gasteiger partial charge >= 0.3 is 0 Å². The zero-order valence-electron chi connectivity index (χ0n) is 14.5. The van der Waals surface area contributed by atoms with E-state index in [4.69, 9.17) is 9.15 Å². The van der Waals surface area contributed by atoms with E-state index in [-0.39, 0.29) is 11.8 Å². The van der Waals surface area contributed by atoms with Gasteiger partial charge in [0, 0.05) is 30.5 Å². The predicted octanol–water partition coefficient (Wildman–Crippen LogP) is 3.37. The van der Waals surface area contributed by atoms with Crippen LogP contribution in [-0.2, 0) is 0 Å². The highest BCUT2D eigenvalue weighted by Crippen LogP contribution is 2.40. The molecule has 1 saturated heterocycles. The highest BCUT2D eigenvalue weighted by atomic mass is 16.5. The standard InChI is InChI=1S/C19H23N3O3/c1-2-24-16-7-5-15(6-8-16)19(23)22-11-9-14(10-12-22)18-21-20-17(25-18)13-3-4-13/h5-8,13-14H,2-4,9-12H2,1H3. The molecule has 2 aliphatic rings. The Morgan fingerprint density at radius 2 is 1.68 bits per heavy atom. The van der Waals surface area contributed by atoms with Crippen molar-refractivity contribution in [3.05, 3.63) is 41.6 Å². The van der Waals surface area contributed by atoms with Gasteiger partial charge in [-0.2, -0.15) is 0 Å². The van der Waals surface area contributed by atoms with Crippen molar-refractivity contribution < 1.29 is 13.9 Å². The number of ether oxygens (including phenoxy) is 1. The van der Waals surface area contributed by atoms with E-state index in [0.717, 1.165) is 56.3 Å². The van der Waals surface area contributed by atoms with Crippen LogP contribution in [0.1, 0.15) is 66.6 Å². The van der Waals surface area contributed by atoms with E-state index < -0.39 is 0 Å². The molecule has 0 spiro atoms. The predicted molar refractivity (Wildman–Crippen MR) is 91.8 cm³/mol. The molecule has 0 atom stereocenters. The van der Waals surface area contributed by atoms with E-state index in [2.05, 4.69) is 10.2 Å². The van der Waals surface area contributed by atoms with E-state index >= 15 is 0 Å². The molecule has 25 heavy (non-hydrogen) atoms. The Labute approximate surface area is 147 Å².